The first-order chi connectivity index (χ1) is 17.3. The number of ether oxygens (including phenoxy) is 1. The van der Waals surface area contributed by atoms with Crippen molar-refractivity contribution in [3.63, 3.8) is 0 Å². The molecule has 7 heteroatoms. The van der Waals surface area contributed by atoms with Crippen LogP contribution in [0.1, 0.15) is 35.2 Å². The van der Waals surface area contributed by atoms with E-state index in [-0.39, 0.29) is 5.91 Å². The highest BCUT2D eigenvalue weighted by Gasteiger charge is 2.28. The van der Waals surface area contributed by atoms with Crippen LogP contribution in [0.25, 0.3) is 11.3 Å². The van der Waals surface area contributed by atoms with Crippen LogP contribution in [0.5, 0.6) is 0 Å². The zero-order valence-electron chi connectivity index (χ0n) is 20.3. The van der Waals surface area contributed by atoms with Crippen LogP contribution in [0, 0.1) is 0 Å². The number of rotatable bonds is 8. The summed E-state index contributed by atoms with van der Waals surface area (Å²) in [6, 6.07) is 19.7. The Morgan fingerprint density at radius 2 is 1.57 bits per heavy atom. The number of amides is 1. The van der Waals surface area contributed by atoms with Crippen molar-refractivity contribution in [2.24, 2.45) is 0 Å². The fourth-order valence-corrected chi connectivity index (χ4v) is 4.90. The van der Waals surface area contributed by atoms with Crippen LogP contribution in [0.2, 0.25) is 0 Å². The van der Waals surface area contributed by atoms with Crippen molar-refractivity contribution in [2.45, 2.75) is 25.8 Å². The van der Waals surface area contributed by atoms with Crippen LogP contribution in [0.3, 0.4) is 0 Å². The summed E-state index contributed by atoms with van der Waals surface area (Å²) < 4.78 is 11.5. The van der Waals surface area contributed by atoms with Crippen molar-refractivity contribution < 1.29 is 14.1 Å². The summed E-state index contributed by atoms with van der Waals surface area (Å²) in [7, 11) is 0. The summed E-state index contributed by atoms with van der Waals surface area (Å²) in [6.07, 6.45) is 3.53. The SMILES string of the molecule is O=C(c1ccccc1)N(CCN1CCOCC1)Cc1c(-c2ccccc2)noc1N1CCCCC1. The monoisotopic (exact) mass is 474 g/mol. The molecule has 2 fully saturated rings. The van der Waals surface area contributed by atoms with Crippen molar-refractivity contribution in [3.8, 4) is 11.3 Å². The lowest BCUT2D eigenvalue weighted by Crippen LogP contribution is -2.43. The molecule has 5 rings (SSSR count). The third kappa shape index (κ3) is 5.74. The second-order valence-electron chi connectivity index (χ2n) is 9.28. The molecule has 2 saturated heterocycles. The predicted octanol–water partition coefficient (Wildman–Crippen LogP) is 4.31. The molecule has 0 spiro atoms. The summed E-state index contributed by atoms with van der Waals surface area (Å²) in [5, 5.41) is 4.52. The standard InChI is InChI=1S/C28H34N4O3/c33-27(24-12-6-2-7-13-24)32(17-16-30-18-20-34-21-19-30)22-25-26(23-10-4-1-5-11-23)29-35-28(25)31-14-8-3-9-15-31/h1-2,4-7,10-13H,3,8-9,14-22H2. The van der Waals surface area contributed by atoms with Gasteiger partial charge in [-0.3, -0.25) is 9.69 Å². The van der Waals surface area contributed by atoms with E-state index in [0.717, 1.165) is 81.5 Å². The Hall–Kier alpha value is -3.16. The van der Waals surface area contributed by atoms with Gasteiger partial charge in [-0.15, -0.1) is 0 Å². The third-order valence-electron chi connectivity index (χ3n) is 6.90. The number of benzene rings is 2. The van der Waals surface area contributed by atoms with Crippen LogP contribution < -0.4 is 4.90 Å². The summed E-state index contributed by atoms with van der Waals surface area (Å²) in [5.74, 6) is 0.837. The zero-order chi connectivity index (χ0) is 23.9. The average Bonchev–Trinajstić information content (AvgIpc) is 3.36. The number of carbonyl (C=O) groups excluding carboxylic acids is 1. The number of piperidine rings is 1. The smallest absolute Gasteiger partial charge is 0.254 e. The van der Waals surface area contributed by atoms with Gasteiger partial charge in [-0.25, -0.2) is 0 Å². The van der Waals surface area contributed by atoms with Crippen molar-refractivity contribution in [3.05, 3.63) is 71.8 Å². The van der Waals surface area contributed by atoms with Crippen LogP contribution >= 0.6 is 0 Å². The Morgan fingerprint density at radius 1 is 0.886 bits per heavy atom. The molecular formula is C28H34N4O3. The normalized spacial score (nSPS) is 16.9. The zero-order valence-corrected chi connectivity index (χ0v) is 20.3. The first-order valence-electron chi connectivity index (χ1n) is 12.7. The minimum atomic E-state index is 0.0312. The lowest BCUT2D eigenvalue weighted by atomic mass is 10.0. The Balaban J connectivity index is 1.46. The number of nitrogens with zero attached hydrogens (tertiary/aromatic N) is 4. The van der Waals surface area contributed by atoms with Gasteiger partial charge in [0.1, 0.15) is 5.69 Å². The largest absolute Gasteiger partial charge is 0.379 e. The lowest BCUT2D eigenvalue weighted by Gasteiger charge is -2.31. The van der Waals surface area contributed by atoms with Crippen molar-refractivity contribution in [1.29, 1.82) is 0 Å². The fraction of sp³-hybridized carbons (Fsp3) is 0.429. The van der Waals surface area contributed by atoms with E-state index in [0.29, 0.717) is 18.7 Å². The molecule has 0 atom stereocenters. The van der Waals surface area contributed by atoms with E-state index < -0.39 is 0 Å². The first-order valence-corrected chi connectivity index (χ1v) is 12.7. The van der Waals surface area contributed by atoms with Gasteiger partial charge in [0.25, 0.3) is 5.91 Å². The van der Waals surface area contributed by atoms with Crippen LogP contribution in [0.15, 0.2) is 65.2 Å². The average molecular weight is 475 g/mol. The summed E-state index contributed by atoms with van der Waals surface area (Å²) in [5.41, 5.74) is 3.52. The highest BCUT2D eigenvalue weighted by Crippen LogP contribution is 2.34. The number of aromatic nitrogens is 1. The number of carbonyl (C=O) groups is 1. The van der Waals surface area contributed by atoms with E-state index in [9.17, 15) is 4.79 Å². The topological polar surface area (TPSA) is 62.1 Å². The predicted molar refractivity (Wildman–Crippen MR) is 136 cm³/mol. The van der Waals surface area contributed by atoms with Gasteiger partial charge in [0.05, 0.1) is 25.3 Å². The number of anilines is 1. The minimum Gasteiger partial charge on any atom is -0.379 e. The molecule has 184 valence electrons. The molecule has 3 heterocycles. The first kappa shape index (κ1) is 23.6. The minimum absolute atomic E-state index is 0.0312. The maximum atomic E-state index is 13.7. The van der Waals surface area contributed by atoms with Crippen molar-refractivity contribution >= 4 is 11.8 Å². The quantitative estimate of drug-likeness (QED) is 0.485. The molecule has 1 aromatic heterocycles. The molecule has 2 aliphatic heterocycles. The molecule has 2 aromatic carbocycles. The van der Waals surface area contributed by atoms with Gasteiger partial charge >= 0.3 is 0 Å². The van der Waals surface area contributed by atoms with E-state index >= 15 is 0 Å². The highest BCUT2D eigenvalue weighted by molar-refractivity contribution is 5.94. The Kier molecular flexibility index (Phi) is 7.75. The molecule has 1 amide bonds. The van der Waals surface area contributed by atoms with Crippen LogP contribution in [-0.2, 0) is 11.3 Å². The molecule has 3 aromatic rings. The molecule has 7 nitrogen and oxygen atoms in total. The molecule has 35 heavy (non-hydrogen) atoms. The van der Waals surface area contributed by atoms with Gasteiger partial charge in [-0.2, -0.15) is 0 Å². The molecule has 0 saturated carbocycles. The Labute approximate surface area is 207 Å². The van der Waals surface area contributed by atoms with Gasteiger partial charge in [-0.1, -0.05) is 53.7 Å². The van der Waals surface area contributed by atoms with Gasteiger partial charge < -0.3 is 19.1 Å². The molecule has 0 N–H and O–H groups in total. The van der Waals surface area contributed by atoms with E-state index in [4.69, 9.17) is 9.26 Å². The summed E-state index contributed by atoms with van der Waals surface area (Å²) in [4.78, 5) is 20.3. The molecular weight excluding hydrogens is 440 g/mol. The van der Waals surface area contributed by atoms with E-state index in [2.05, 4.69) is 27.1 Å². The Morgan fingerprint density at radius 3 is 2.29 bits per heavy atom. The van der Waals surface area contributed by atoms with Crippen molar-refractivity contribution in [2.75, 3.05) is 57.4 Å². The summed E-state index contributed by atoms with van der Waals surface area (Å²) in [6.45, 7) is 7.10. The Bertz CT molecular complexity index is 1070. The summed E-state index contributed by atoms with van der Waals surface area (Å²) >= 11 is 0. The third-order valence-corrected chi connectivity index (χ3v) is 6.90. The highest BCUT2D eigenvalue weighted by atomic mass is 16.5. The van der Waals surface area contributed by atoms with Gasteiger partial charge in [0.2, 0.25) is 5.88 Å². The molecule has 0 radical (unpaired) electrons. The lowest BCUT2D eigenvalue weighted by molar-refractivity contribution is 0.0320. The second-order valence-corrected chi connectivity index (χ2v) is 9.28. The molecule has 0 bridgehead atoms. The van der Waals surface area contributed by atoms with E-state index in [1.54, 1.807) is 0 Å². The van der Waals surface area contributed by atoms with Crippen molar-refractivity contribution in [1.82, 2.24) is 15.0 Å². The van der Waals surface area contributed by atoms with E-state index in [1.165, 1.54) is 6.42 Å². The number of hydrogen-bond donors (Lipinski definition) is 0. The molecule has 0 unspecified atom stereocenters. The number of morpholine rings is 1. The van der Waals surface area contributed by atoms with Gasteiger partial charge in [0, 0.05) is 50.4 Å². The molecule has 2 aliphatic rings. The van der Waals surface area contributed by atoms with Crippen LogP contribution in [0.4, 0.5) is 5.88 Å². The number of hydrogen-bond acceptors (Lipinski definition) is 6. The van der Waals surface area contributed by atoms with E-state index in [1.807, 2.05) is 53.4 Å². The van der Waals surface area contributed by atoms with Gasteiger partial charge in [0.15, 0.2) is 0 Å². The second kappa shape index (κ2) is 11.5. The maximum Gasteiger partial charge on any atom is 0.254 e. The maximum absolute atomic E-state index is 13.7. The fourth-order valence-electron chi connectivity index (χ4n) is 4.90. The van der Waals surface area contributed by atoms with Gasteiger partial charge in [-0.05, 0) is 31.4 Å². The molecule has 0 aliphatic carbocycles. The van der Waals surface area contributed by atoms with Crippen LogP contribution in [-0.4, -0.2) is 73.3 Å².